The molecule has 1 aliphatic carbocycles. The Bertz CT molecular complexity index is 432. The van der Waals surface area contributed by atoms with Crippen molar-refractivity contribution in [2.24, 2.45) is 11.8 Å². The second kappa shape index (κ2) is 7.41. The van der Waals surface area contributed by atoms with E-state index in [1.807, 2.05) is 19.1 Å². The molecule has 4 heteroatoms. The van der Waals surface area contributed by atoms with Crippen LogP contribution in [0.5, 0.6) is 0 Å². The van der Waals surface area contributed by atoms with Gasteiger partial charge in [-0.1, -0.05) is 43.0 Å². The maximum atomic E-state index is 6.24. The van der Waals surface area contributed by atoms with E-state index in [4.69, 9.17) is 22.2 Å². The van der Waals surface area contributed by atoms with Gasteiger partial charge in [-0.3, -0.25) is 11.3 Å². The Kier molecular flexibility index (Phi) is 5.85. The number of rotatable bonds is 5. The third-order valence-corrected chi connectivity index (χ3v) is 4.86. The molecule has 1 fully saturated rings. The van der Waals surface area contributed by atoms with Crippen LogP contribution >= 0.6 is 11.6 Å². The molecule has 1 aromatic rings. The minimum absolute atomic E-state index is 0.0128. The molecule has 0 amide bonds. The fraction of sp³-hybridized carbons (Fsp3) is 0.625. The normalized spacial score (nSPS) is 19.8. The Morgan fingerprint density at radius 2 is 2.00 bits per heavy atom. The molecule has 2 unspecified atom stereocenters. The summed E-state index contributed by atoms with van der Waals surface area (Å²) in [4.78, 5) is 0. The lowest BCUT2D eigenvalue weighted by Crippen LogP contribution is -2.42. The molecule has 2 rings (SSSR count). The minimum Gasteiger partial charge on any atom is -0.379 e. The third kappa shape index (κ3) is 3.53. The van der Waals surface area contributed by atoms with E-state index in [1.165, 1.54) is 32.1 Å². The smallest absolute Gasteiger partial charge is 0.0806 e. The molecular formula is C16H25ClN2O. The lowest BCUT2D eigenvalue weighted by molar-refractivity contribution is 0.00750. The summed E-state index contributed by atoms with van der Waals surface area (Å²) in [6.45, 7) is 2.01. The van der Waals surface area contributed by atoms with Gasteiger partial charge in [0.15, 0.2) is 0 Å². The van der Waals surface area contributed by atoms with Crippen molar-refractivity contribution in [3.8, 4) is 0 Å². The summed E-state index contributed by atoms with van der Waals surface area (Å²) in [5.74, 6) is 6.37. The number of hydrogen-bond acceptors (Lipinski definition) is 3. The van der Waals surface area contributed by atoms with Crippen molar-refractivity contribution in [3.05, 3.63) is 34.3 Å². The second-order valence-electron chi connectivity index (χ2n) is 5.75. The van der Waals surface area contributed by atoms with Gasteiger partial charge >= 0.3 is 0 Å². The first kappa shape index (κ1) is 15.8. The number of benzene rings is 1. The van der Waals surface area contributed by atoms with Crippen molar-refractivity contribution < 1.29 is 4.74 Å². The van der Waals surface area contributed by atoms with E-state index in [2.05, 4.69) is 11.5 Å². The number of hydrazine groups is 1. The number of hydrogen-bond donors (Lipinski definition) is 2. The number of aryl methyl sites for hydroxylation is 1. The molecule has 3 N–H and O–H groups in total. The Hall–Kier alpha value is -0.610. The number of methoxy groups -OCH3 is 1. The summed E-state index contributed by atoms with van der Waals surface area (Å²) in [5.41, 5.74) is 5.11. The molecule has 1 saturated carbocycles. The van der Waals surface area contributed by atoms with Gasteiger partial charge in [-0.15, -0.1) is 0 Å². The van der Waals surface area contributed by atoms with Crippen molar-refractivity contribution in [1.82, 2.24) is 5.43 Å². The molecule has 112 valence electrons. The van der Waals surface area contributed by atoms with E-state index in [0.29, 0.717) is 5.92 Å². The van der Waals surface area contributed by atoms with Crippen molar-refractivity contribution in [2.75, 3.05) is 7.11 Å². The van der Waals surface area contributed by atoms with E-state index >= 15 is 0 Å². The first-order chi connectivity index (χ1) is 9.67. The molecule has 1 aromatic carbocycles. The van der Waals surface area contributed by atoms with E-state index in [-0.39, 0.29) is 12.1 Å². The average Bonchev–Trinajstić information content (AvgIpc) is 2.48. The molecular weight excluding hydrogens is 272 g/mol. The number of nitrogens with two attached hydrogens (primary N) is 1. The molecule has 0 radical (unpaired) electrons. The molecule has 20 heavy (non-hydrogen) atoms. The maximum Gasteiger partial charge on any atom is 0.0806 e. The van der Waals surface area contributed by atoms with Crippen LogP contribution in [0.15, 0.2) is 18.2 Å². The van der Waals surface area contributed by atoms with Crippen LogP contribution in [0.3, 0.4) is 0 Å². The summed E-state index contributed by atoms with van der Waals surface area (Å²) in [6.07, 6.45) is 6.45. The molecule has 3 nitrogen and oxygen atoms in total. The molecule has 0 aliphatic heterocycles. The molecule has 0 heterocycles. The van der Waals surface area contributed by atoms with Crippen LogP contribution < -0.4 is 11.3 Å². The van der Waals surface area contributed by atoms with Gasteiger partial charge in [0.2, 0.25) is 0 Å². The van der Waals surface area contributed by atoms with Crippen molar-refractivity contribution in [3.63, 3.8) is 0 Å². The predicted octanol–water partition coefficient (Wildman–Crippen LogP) is 3.75. The van der Waals surface area contributed by atoms with Gasteiger partial charge in [-0.25, -0.2) is 0 Å². The summed E-state index contributed by atoms with van der Waals surface area (Å²) in [5, 5.41) is 0.779. The topological polar surface area (TPSA) is 47.3 Å². The largest absolute Gasteiger partial charge is 0.379 e. The quantitative estimate of drug-likeness (QED) is 0.642. The molecule has 0 saturated heterocycles. The summed E-state index contributed by atoms with van der Waals surface area (Å²) in [6, 6.07) is 6.10. The van der Waals surface area contributed by atoms with Gasteiger partial charge < -0.3 is 4.74 Å². The van der Waals surface area contributed by atoms with E-state index in [1.54, 1.807) is 7.11 Å². The molecule has 0 aromatic heterocycles. The van der Waals surface area contributed by atoms with E-state index < -0.39 is 0 Å². The monoisotopic (exact) mass is 296 g/mol. The zero-order chi connectivity index (χ0) is 14.5. The van der Waals surface area contributed by atoms with Gasteiger partial charge in [0.05, 0.1) is 12.1 Å². The van der Waals surface area contributed by atoms with E-state index in [0.717, 1.165) is 16.1 Å². The highest BCUT2D eigenvalue weighted by molar-refractivity contribution is 6.31. The summed E-state index contributed by atoms with van der Waals surface area (Å²) < 4.78 is 5.78. The SMILES string of the molecule is COC(C1CCCCC1)C(NN)c1ccc(C)c(Cl)c1. The van der Waals surface area contributed by atoms with E-state index in [9.17, 15) is 0 Å². The highest BCUT2D eigenvalue weighted by Gasteiger charge is 2.31. The average molecular weight is 297 g/mol. The first-order valence-corrected chi connectivity index (χ1v) is 7.80. The van der Waals surface area contributed by atoms with Gasteiger partial charge in [-0.05, 0) is 42.9 Å². The highest BCUT2D eigenvalue weighted by atomic mass is 35.5. The van der Waals surface area contributed by atoms with Crippen molar-refractivity contribution in [1.29, 1.82) is 0 Å². The highest BCUT2D eigenvalue weighted by Crippen LogP contribution is 2.34. The van der Waals surface area contributed by atoms with Gasteiger partial charge in [0.25, 0.3) is 0 Å². The maximum absolute atomic E-state index is 6.24. The second-order valence-corrected chi connectivity index (χ2v) is 6.16. The van der Waals surface area contributed by atoms with Crippen LogP contribution in [0, 0.1) is 12.8 Å². The molecule has 2 atom stereocenters. The summed E-state index contributed by atoms with van der Waals surface area (Å²) >= 11 is 6.24. The van der Waals surface area contributed by atoms with Crippen LogP contribution in [-0.2, 0) is 4.74 Å². The van der Waals surface area contributed by atoms with Gasteiger partial charge in [0.1, 0.15) is 0 Å². The Morgan fingerprint density at radius 1 is 1.30 bits per heavy atom. The predicted molar refractivity (Wildman–Crippen MR) is 83.6 cm³/mol. The fourth-order valence-electron chi connectivity index (χ4n) is 3.25. The third-order valence-electron chi connectivity index (χ3n) is 4.45. The standard InChI is InChI=1S/C16H25ClN2O/c1-11-8-9-13(10-14(11)17)15(19-18)16(20-2)12-6-4-3-5-7-12/h8-10,12,15-16,19H,3-7,18H2,1-2H3. The lowest BCUT2D eigenvalue weighted by Gasteiger charge is -2.35. The molecule has 0 bridgehead atoms. The minimum atomic E-state index is -0.0128. The number of nitrogens with one attached hydrogen (secondary N) is 1. The lowest BCUT2D eigenvalue weighted by atomic mass is 9.81. The first-order valence-electron chi connectivity index (χ1n) is 7.42. The van der Waals surface area contributed by atoms with Crippen LogP contribution in [0.25, 0.3) is 0 Å². The van der Waals surface area contributed by atoms with Crippen LogP contribution in [0.1, 0.15) is 49.3 Å². The van der Waals surface area contributed by atoms with Gasteiger partial charge in [-0.2, -0.15) is 0 Å². The van der Waals surface area contributed by atoms with Crippen molar-refractivity contribution in [2.45, 2.75) is 51.2 Å². The van der Waals surface area contributed by atoms with Crippen LogP contribution in [0.2, 0.25) is 5.02 Å². The number of halogens is 1. The van der Waals surface area contributed by atoms with Gasteiger partial charge in [0, 0.05) is 12.1 Å². The Balaban J connectivity index is 2.21. The zero-order valence-corrected chi connectivity index (χ0v) is 13.1. The molecule has 1 aliphatic rings. The Morgan fingerprint density at radius 3 is 2.55 bits per heavy atom. The Labute approximate surface area is 126 Å². The zero-order valence-electron chi connectivity index (χ0n) is 12.4. The van der Waals surface area contributed by atoms with Crippen LogP contribution in [0.4, 0.5) is 0 Å². The summed E-state index contributed by atoms with van der Waals surface area (Å²) in [7, 11) is 1.78. The van der Waals surface area contributed by atoms with Crippen LogP contribution in [-0.4, -0.2) is 13.2 Å². The number of ether oxygens (including phenoxy) is 1. The molecule has 0 spiro atoms. The van der Waals surface area contributed by atoms with Crippen molar-refractivity contribution >= 4 is 11.6 Å². The fourth-order valence-corrected chi connectivity index (χ4v) is 3.44.